The SMILES string of the molecule is CC=O.Oc1cccc2ccoc12. The van der Waals surface area contributed by atoms with E-state index in [0.717, 1.165) is 11.7 Å². The van der Waals surface area contributed by atoms with Crippen molar-refractivity contribution in [2.75, 3.05) is 0 Å². The molecule has 0 saturated carbocycles. The zero-order chi connectivity index (χ0) is 9.68. The molecule has 0 fully saturated rings. The van der Waals surface area contributed by atoms with Gasteiger partial charge in [0.15, 0.2) is 11.3 Å². The topological polar surface area (TPSA) is 50.4 Å². The molecule has 0 amide bonds. The number of aromatic hydroxyl groups is 1. The van der Waals surface area contributed by atoms with Gasteiger partial charge in [-0.2, -0.15) is 0 Å². The average Bonchev–Trinajstić information content (AvgIpc) is 2.54. The summed E-state index contributed by atoms with van der Waals surface area (Å²) < 4.78 is 5.00. The maximum atomic E-state index is 9.17. The van der Waals surface area contributed by atoms with Crippen molar-refractivity contribution in [3.05, 3.63) is 30.5 Å². The molecular formula is C10H10O3. The Hall–Kier alpha value is -1.77. The molecule has 3 nitrogen and oxygen atoms in total. The number of phenols is 1. The maximum absolute atomic E-state index is 9.17. The quantitative estimate of drug-likeness (QED) is 0.630. The molecule has 13 heavy (non-hydrogen) atoms. The summed E-state index contributed by atoms with van der Waals surface area (Å²) in [6, 6.07) is 7.09. The van der Waals surface area contributed by atoms with Crippen molar-refractivity contribution in [2.45, 2.75) is 6.92 Å². The number of hydrogen-bond acceptors (Lipinski definition) is 3. The van der Waals surface area contributed by atoms with Gasteiger partial charge in [0.2, 0.25) is 0 Å². The first-order valence-corrected chi connectivity index (χ1v) is 3.84. The van der Waals surface area contributed by atoms with Crippen LogP contribution in [0.15, 0.2) is 34.9 Å². The molecule has 0 aliphatic rings. The van der Waals surface area contributed by atoms with Gasteiger partial charge in [-0.3, -0.25) is 0 Å². The summed E-state index contributed by atoms with van der Waals surface area (Å²) in [5, 5.41) is 10.1. The number of benzene rings is 1. The van der Waals surface area contributed by atoms with Crippen LogP contribution in [0.1, 0.15) is 6.92 Å². The molecular weight excluding hydrogens is 168 g/mol. The lowest BCUT2D eigenvalue weighted by Gasteiger charge is -1.89. The molecule has 0 aliphatic carbocycles. The Balaban J connectivity index is 0.000000251. The first-order chi connectivity index (χ1) is 6.29. The Labute approximate surface area is 75.6 Å². The van der Waals surface area contributed by atoms with Crippen molar-refractivity contribution in [1.82, 2.24) is 0 Å². The molecule has 0 radical (unpaired) electrons. The molecule has 0 spiro atoms. The highest BCUT2D eigenvalue weighted by molar-refractivity contribution is 5.82. The van der Waals surface area contributed by atoms with Crippen LogP contribution in [0.4, 0.5) is 0 Å². The van der Waals surface area contributed by atoms with E-state index in [2.05, 4.69) is 0 Å². The van der Waals surface area contributed by atoms with Gasteiger partial charge in [-0.25, -0.2) is 0 Å². The summed E-state index contributed by atoms with van der Waals surface area (Å²) in [5.74, 6) is 0.197. The number of carbonyl (C=O) groups is 1. The normalized spacial score (nSPS) is 9.00. The maximum Gasteiger partial charge on any atom is 0.175 e. The number of furan rings is 1. The van der Waals surface area contributed by atoms with Gasteiger partial charge >= 0.3 is 0 Å². The van der Waals surface area contributed by atoms with Crippen LogP contribution < -0.4 is 0 Å². The number of phenolic OH excluding ortho intramolecular Hbond substituents is 1. The smallest absolute Gasteiger partial charge is 0.175 e. The lowest BCUT2D eigenvalue weighted by atomic mass is 10.2. The lowest BCUT2D eigenvalue weighted by molar-refractivity contribution is -0.106. The fourth-order valence-corrected chi connectivity index (χ4v) is 0.977. The van der Waals surface area contributed by atoms with E-state index < -0.39 is 0 Å². The summed E-state index contributed by atoms with van der Waals surface area (Å²) >= 11 is 0. The second-order valence-corrected chi connectivity index (χ2v) is 2.35. The third-order valence-electron chi connectivity index (χ3n) is 1.46. The number of hydrogen-bond donors (Lipinski definition) is 1. The average molecular weight is 178 g/mol. The number of rotatable bonds is 0. The van der Waals surface area contributed by atoms with Crippen molar-refractivity contribution in [1.29, 1.82) is 0 Å². The van der Waals surface area contributed by atoms with Gasteiger partial charge in [0.25, 0.3) is 0 Å². The Bertz CT molecular complexity index is 390. The molecule has 1 aromatic carbocycles. The summed E-state index contributed by atoms with van der Waals surface area (Å²) in [7, 11) is 0. The van der Waals surface area contributed by atoms with E-state index in [4.69, 9.17) is 14.3 Å². The third-order valence-corrected chi connectivity index (χ3v) is 1.46. The fourth-order valence-electron chi connectivity index (χ4n) is 0.977. The molecule has 2 rings (SSSR count). The van der Waals surface area contributed by atoms with Gasteiger partial charge in [0.05, 0.1) is 6.26 Å². The van der Waals surface area contributed by atoms with E-state index in [0.29, 0.717) is 5.58 Å². The standard InChI is InChI=1S/C8H6O2.C2H4O/c9-7-3-1-2-6-4-5-10-8(6)7;1-2-3/h1-5,9H;2H,1H3. The van der Waals surface area contributed by atoms with E-state index in [1.807, 2.05) is 12.1 Å². The van der Waals surface area contributed by atoms with Gasteiger partial charge in [0.1, 0.15) is 6.29 Å². The molecule has 3 heteroatoms. The summed E-state index contributed by atoms with van der Waals surface area (Å²) in [6.45, 7) is 1.44. The highest BCUT2D eigenvalue weighted by Gasteiger charge is 1.99. The van der Waals surface area contributed by atoms with Crippen molar-refractivity contribution in [3.8, 4) is 5.75 Å². The number of carbonyl (C=O) groups excluding carboxylic acids is 1. The zero-order valence-electron chi connectivity index (χ0n) is 7.23. The van der Waals surface area contributed by atoms with E-state index >= 15 is 0 Å². The van der Waals surface area contributed by atoms with Crippen molar-refractivity contribution < 1.29 is 14.3 Å². The van der Waals surface area contributed by atoms with Gasteiger partial charge in [-0.15, -0.1) is 0 Å². The van der Waals surface area contributed by atoms with E-state index in [-0.39, 0.29) is 5.75 Å². The molecule has 0 saturated heterocycles. The van der Waals surface area contributed by atoms with Crippen LogP contribution in [-0.4, -0.2) is 11.4 Å². The highest BCUT2D eigenvalue weighted by Crippen LogP contribution is 2.24. The fraction of sp³-hybridized carbons (Fsp3) is 0.100. The van der Waals surface area contributed by atoms with Gasteiger partial charge in [-0.1, -0.05) is 12.1 Å². The van der Waals surface area contributed by atoms with Crippen molar-refractivity contribution >= 4 is 17.3 Å². The van der Waals surface area contributed by atoms with E-state index in [1.54, 1.807) is 18.4 Å². The van der Waals surface area contributed by atoms with Crippen LogP contribution in [0.25, 0.3) is 11.0 Å². The van der Waals surface area contributed by atoms with Crippen LogP contribution >= 0.6 is 0 Å². The molecule has 1 N–H and O–H groups in total. The van der Waals surface area contributed by atoms with Gasteiger partial charge < -0.3 is 14.3 Å². The number of fused-ring (bicyclic) bond motifs is 1. The predicted molar refractivity (Wildman–Crippen MR) is 49.6 cm³/mol. The highest BCUT2D eigenvalue weighted by atomic mass is 16.3. The molecule has 68 valence electrons. The van der Waals surface area contributed by atoms with Crippen LogP contribution in [0.5, 0.6) is 5.75 Å². The molecule has 2 aromatic rings. The summed E-state index contributed by atoms with van der Waals surface area (Å²) in [5.41, 5.74) is 0.558. The molecule has 1 heterocycles. The Morgan fingerprint density at radius 2 is 2.08 bits per heavy atom. The molecule has 0 bridgehead atoms. The number of para-hydroxylation sites is 1. The van der Waals surface area contributed by atoms with Crippen molar-refractivity contribution in [3.63, 3.8) is 0 Å². The minimum Gasteiger partial charge on any atom is -0.504 e. The molecule has 1 aromatic heterocycles. The van der Waals surface area contributed by atoms with Crippen molar-refractivity contribution in [2.24, 2.45) is 0 Å². The largest absolute Gasteiger partial charge is 0.504 e. The second kappa shape index (κ2) is 4.30. The van der Waals surface area contributed by atoms with E-state index in [1.165, 1.54) is 6.92 Å². The minimum absolute atomic E-state index is 0.197. The summed E-state index contributed by atoms with van der Waals surface area (Å²) in [4.78, 5) is 8.81. The minimum atomic E-state index is 0.197. The van der Waals surface area contributed by atoms with Crippen LogP contribution in [-0.2, 0) is 4.79 Å². The van der Waals surface area contributed by atoms with Crippen LogP contribution in [0.3, 0.4) is 0 Å². The van der Waals surface area contributed by atoms with Gasteiger partial charge in [0, 0.05) is 5.39 Å². The first-order valence-electron chi connectivity index (χ1n) is 3.84. The Morgan fingerprint density at radius 1 is 1.38 bits per heavy atom. The molecule has 0 aliphatic heterocycles. The van der Waals surface area contributed by atoms with Crippen LogP contribution in [0.2, 0.25) is 0 Å². The molecule has 0 atom stereocenters. The first kappa shape index (κ1) is 9.32. The second-order valence-electron chi connectivity index (χ2n) is 2.35. The van der Waals surface area contributed by atoms with Gasteiger partial charge in [-0.05, 0) is 19.1 Å². The predicted octanol–water partition coefficient (Wildman–Crippen LogP) is 2.34. The zero-order valence-corrected chi connectivity index (χ0v) is 7.23. The Kier molecular flexibility index (Phi) is 3.09. The lowest BCUT2D eigenvalue weighted by Crippen LogP contribution is -1.63. The third kappa shape index (κ3) is 2.08. The Morgan fingerprint density at radius 3 is 2.69 bits per heavy atom. The summed E-state index contributed by atoms with van der Waals surface area (Å²) in [6.07, 6.45) is 2.31. The number of aldehydes is 1. The monoisotopic (exact) mass is 178 g/mol. The van der Waals surface area contributed by atoms with E-state index in [9.17, 15) is 0 Å². The van der Waals surface area contributed by atoms with Crippen LogP contribution in [0, 0.1) is 0 Å². The molecule has 0 unspecified atom stereocenters.